The van der Waals surface area contributed by atoms with Crippen LogP contribution < -0.4 is 19.4 Å². The van der Waals surface area contributed by atoms with Gasteiger partial charge in [-0.05, 0) is 49.4 Å². The highest BCUT2D eigenvalue weighted by molar-refractivity contribution is 9.10. The Morgan fingerprint density at radius 2 is 1.68 bits per heavy atom. The van der Waals surface area contributed by atoms with Crippen molar-refractivity contribution in [1.82, 2.24) is 0 Å². The second-order valence-corrected chi connectivity index (χ2v) is 8.87. The Kier molecular flexibility index (Phi) is 6.02. The lowest BCUT2D eigenvalue weighted by atomic mass is 9.90. The SMILES string of the molecule is CCOc1ccccc1N1C(=O)[C@H]2[C@@H](c3cc(Br)ccc3OC)N(c3ccccc3)O[C@H]2C1=O. The number of rotatable bonds is 6. The summed E-state index contributed by atoms with van der Waals surface area (Å²) in [7, 11) is 1.58. The lowest BCUT2D eigenvalue weighted by Gasteiger charge is -2.30. The lowest BCUT2D eigenvalue weighted by Crippen LogP contribution is -2.37. The number of nitrogens with zero attached hydrogens (tertiary/aromatic N) is 2. The van der Waals surface area contributed by atoms with E-state index in [4.69, 9.17) is 14.3 Å². The Hall–Kier alpha value is -3.36. The number of fused-ring (bicyclic) bond motifs is 1. The number of methoxy groups -OCH3 is 1. The predicted octanol–water partition coefficient (Wildman–Crippen LogP) is 4.91. The molecule has 2 fully saturated rings. The number of hydrogen-bond acceptors (Lipinski definition) is 6. The van der Waals surface area contributed by atoms with Crippen molar-refractivity contribution in [3.8, 4) is 11.5 Å². The first kappa shape index (κ1) is 22.4. The maximum atomic E-state index is 13.9. The molecule has 3 aromatic rings. The van der Waals surface area contributed by atoms with Crippen LogP contribution >= 0.6 is 15.9 Å². The molecule has 2 heterocycles. The molecule has 3 atom stereocenters. The first-order valence-corrected chi connectivity index (χ1v) is 11.8. The number of anilines is 2. The molecular weight excluding hydrogens is 500 g/mol. The third kappa shape index (κ3) is 3.63. The summed E-state index contributed by atoms with van der Waals surface area (Å²) in [5.74, 6) is -0.451. The molecule has 2 amide bonds. The number of carbonyl (C=O) groups excluding carboxylic acids is 2. The number of imide groups is 1. The van der Waals surface area contributed by atoms with E-state index in [9.17, 15) is 9.59 Å². The summed E-state index contributed by atoms with van der Waals surface area (Å²) in [5.41, 5.74) is 1.91. The van der Waals surface area contributed by atoms with Gasteiger partial charge in [0.05, 0.1) is 31.1 Å². The topological polar surface area (TPSA) is 68.3 Å². The second-order valence-electron chi connectivity index (χ2n) is 7.96. The van der Waals surface area contributed by atoms with Crippen LogP contribution in [0.15, 0.2) is 77.3 Å². The normalized spacial score (nSPS) is 21.7. The van der Waals surface area contributed by atoms with Gasteiger partial charge in [-0.15, -0.1) is 0 Å². The number of hydrogen-bond donors (Lipinski definition) is 0. The maximum absolute atomic E-state index is 13.9. The molecule has 0 aromatic heterocycles. The van der Waals surface area contributed by atoms with Gasteiger partial charge < -0.3 is 9.47 Å². The summed E-state index contributed by atoms with van der Waals surface area (Å²) < 4.78 is 12.2. The molecule has 0 spiro atoms. The van der Waals surface area contributed by atoms with Gasteiger partial charge in [-0.2, -0.15) is 0 Å². The zero-order chi connectivity index (χ0) is 23.8. The molecule has 2 aliphatic rings. The minimum absolute atomic E-state index is 0.340. The van der Waals surface area contributed by atoms with Crippen molar-refractivity contribution in [3.05, 3.63) is 82.8 Å². The molecular formula is C26H23BrN2O5. The molecule has 2 saturated heterocycles. The van der Waals surface area contributed by atoms with Gasteiger partial charge >= 0.3 is 0 Å². The Morgan fingerprint density at radius 3 is 2.41 bits per heavy atom. The molecule has 0 radical (unpaired) electrons. The molecule has 7 nitrogen and oxygen atoms in total. The van der Waals surface area contributed by atoms with Crippen LogP contribution in [-0.2, 0) is 14.4 Å². The van der Waals surface area contributed by atoms with Gasteiger partial charge in [-0.3, -0.25) is 14.4 Å². The van der Waals surface area contributed by atoms with Crippen LogP contribution in [0.25, 0.3) is 0 Å². The number of para-hydroxylation sites is 3. The quantitative estimate of drug-likeness (QED) is 0.428. The lowest BCUT2D eigenvalue weighted by molar-refractivity contribution is -0.126. The molecule has 0 unspecified atom stereocenters. The molecule has 174 valence electrons. The third-order valence-corrected chi connectivity index (χ3v) is 6.54. The van der Waals surface area contributed by atoms with Gasteiger partial charge in [0, 0.05) is 10.0 Å². The van der Waals surface area contributed by atoms with Crippen molar-refractivity contribution in [2.75, 3.05) is 23.7 Å². The number of carbonyl (C=O) groups is 2. The summed E-state index contributed by atoms with van der Waals surface area (Å²) in [6, 6.07) is 21.5. The van der Waals surface area contributed by atoms with Crippen LogP contribution in [-0.4, -0.2) is 31.6 Å². The zero-order valence-corrected chi connectivity index (χ0v) is 20.3. The maximum Gasteiger partial charge on any atom is 0.266 e. The summed E-state index contributed by atoms with van der Waals surface area (Å²) in [4.78, 5) is 34.9. The molecule has 8 heteroatoms. The van der Waals surface area contributed by atoms with Crippen LogP contribution in [0.1, 0.15) is 18.5 Å². The van der Waals surface area contributed by atoms with Gasteiger partial charge in [0.15, 0.2) is 6.10 Å². The van der Waals surface area contributed by atoms with E-state index >= 15 is 0 Å². The minimum Gasteiger partial charge on any atom is -0.496 e. The van der Waals surface area contributed by atoms with E-state index in [-0.39, 0.29) is 5.91 Å². The van der Waals surface area contributed by atoms with Gasteiger partial charge in [-0.1, -0.05) is 46.3 Å². The van der Waals surface area contributed by atoms with Crippen molar-refractivity contribution in [1.29, 1.82) is 0 Å². The standard InChI is InChI=1S/C26H23BrN2O5/c1-3-33-21-12-8-7-11-19(21)28-25(30)22-23(18-15-16(27)13-14-20(18)32-2)29(34-24(22)26(28)31)17-9-5-4-6-10-17/h4-15,22-24H,3H2,1-2H3/t22-,23+,24+/m0/s1. The minimum atomic E-state index is -0.976. The van der Waals surface area contributed by atoms with Crippen LogP contribution in [0.2, 0.25) is 0 Å². The highest BCUT2D eigenvalue weighted by Gasteiger charge is 2.61. The highest BCUT2D eigenvalue weighted by Crippen LogP contribution is 2.50. The average molecular weight is 523 g/mol. The summed E-state index contributed by atoms with van der Waals surface area (Å²) in [5, 5.41) is 1.65. The van der Waals surface area contributed by atoms with E-state index in [0.717, 1.165) is 15.7 Å². The first-order chi connectivity index (χ1) is 16.5. The number of hydroxylamine groups is 1. The molecule has 0 N–H and O–H groups in total. The molecule has 0 saturated carbocycles. The van der Waals surface area contributed by atoms with Crippen molar-refractivity contribution >= 4 is 39.1 Å². The fourth-order valence-corrected chi connectivity index (χ4v) is 5.00. The van der Waals surface area contributed by atoms with Crippen LogP contribution in [0.5, 0.6) is 11.5 Å². The van der Waals surface area contributed by atoms with E-state index < -0.39 is 24.0 Å². The van der Waals surface area contributed by atoms with Gasteiger partial charge in [0.1, 0.15) is 17.4 Å². The fourth-order valence-electron chi connectivity index (χ4n) is 4.62. The zero-order valence-electron chi connectivity index (χ0n) is 18.7. The number of halogens is 1. The van der Waals surface area contributed by atoms with E-state index in [0.29, 0.717) is 23.8 Å². The summed E-state index contributed by atoms with van der Waals surface area (Å²) in [6.07, 6.45) is -0.976. The second kappa shape index (κ2) is 9.12. The van der Waals surface area contributed by atoms with Crippen LogP contribution in [0.4, 0.5) is 11.4 Å². The van der Waals surface area contributed by atoms with Crippen LogP contribution in [0.3, 0.4) is 0 Å². The first-order valence-electron chi connectivity index (χ1n) is 11.0. The van der Waals surface area contributed by atoms with Gasteiger partial charge in [0.2, 0.25) is 5.91 Å². The molecule has 0 bridgehead atoms. The van der Waals surface area contributed by atoms with Gasteiger partial charge in [-0.25, -0.2) is 9.96 Å². The smallest absolute Gasteiger partial charge is 0.266 e. The number of benzene rings is 3. The summed E-state index contributed by atoms with van der Waals surface area (Å²) >= 11 is 3.53. The largest absolute Gasteiger partial charge is 0.496 e. The van der Waals surface area contributed by atoms with E-state index in [1.54, 1.807) is 30.4 Å². The van der Waals surface area contributed by atoms with Crippen molar-refractivity contribution < 1.29 is 23.9 Å². The van der Waals surface area contributed by atoms with E-state index in [1.807, 2.05) is 61.5 Å². The number of amides is 2. The average Bonchev–Trinajstić information content (AvgIpc) is 3.36. The van der Waals surface area contributed by atoms with Gasteiger partial charge in [0.25, 0.3) is 5.91 Å². The molecule has 34 heavy (non-hydrogen) atoms. The summed E-state index contributed by atoms with van der Waals surface area (Å²) in [6.45, 7) is 2.27. The molecule has 5 rings (SSSR count). The Morgan fingerprint density at radius 1 is 0.941 bits per heavy atom. The van der Waals surface area contributed by atoms with Crippen molar-refractivity contribution in [2.24, 2.45) is 5.92 Å². The fraction of sp³-hybridized carbons (Fsp3) is 0.231. The molecule has 2 aliphatic heterocycles. The van der Waals surface area contributed by atoms with E-state index in [2.05, 4.69) is 15.9 Å². The van der Waals surface area contributed by atoms with Crippen molar-refractivity contribution in [2.45, 2.75) is 19.1 Å². The third-order valence-electron chi connectivity index (χ3n) is 6.04. The highest BCUT2D eigenvalue weighted by atomic mass is 79.9. The Balaban J connectivity index is 1.63. The van der Waals surface area contributed by atoms with E-state index in [1.165, 1.54) is 4.90 Å². The van der Waals surface area contributed by atoms with Crippen LogP contribution in [0, 0.1) is 5.92 Å². The molecule has 0 aliphatic carbocycles. The molecule has 3 aromatic carbocycles. The van der Waals surface area contributed by atoms with Crippen molar-refractivity contribution in [3.63, 3.8) is 0 Å². The Labute approximate surface area is 205 Å². The predicted molar refractivity (Wildman–Crippen MR) is 131 cm³/mol. The Bertz CT molecular complexity index is 1230. The monoisotopic (exact) mass is 522 g/mol. The number of ether oxygens (including phenoxy) is 2.